The number of thiazole rings is 1. The Hall–Kier alpha value is -5.98. The Balaban J connectivity index is 0.867. The highest BCUT2D eigenvalue weighted by molar-refractivity contribution is 7.81. The van der Waals surface area contributed by atoms with Gasteiger partial charge in [0.2, 0.25) is 17.7 Å². The Labute approximate surface area is 414 Å². The van der Waals surface area contributed by atoms with Gasteiger partial charge in [-0.05, 0) is 105 Å². The van der Waals surface area contributed by atoms with Crippen LogP contribution in [-0.2, 0) is 41.4 Å². The number of unbranched alkanes of at least 4 members (excludes halogenated alkanes) is 1. The number of halogens is 3. The SMILES string of the molecule is Cc1ncsc1-c1ccc(CNC(=O)[C@@H]2C[C@@H](O)CN2C(=O)C(NC(=O)CCCCOCCOCCOc2ccc(N3C(=S)N(c4ccc(C#N)c(C(F)(F)F)c4)C(=O)C3(C)C)cc2)C(C)(C)C)cc1. The van der Waals surface area contributed by atoms with Crippen LogP contribution in [0.5, 0.6) is 5.75 Å². The van der Waals surface area contributed by atoms with Crippen molar-refractivity contribution in [3.63, 3.8) is 0 Å². The molecule has 20 heteroatoms. The second-order valence-corrected chi connectivity index (χ2v) is 19.8. The van der Waals surface area contributed by atoms with Crippen LogP contribution in [0, 0.1) is 23.7 Å². The molecule has 1 aromatic heterocycles. The van der Waals surface area contributed by atoms with Gasteiger partial charge in [0.25, 0.3) is 5.91 Å². The number of amides is 4. The Bertz CT molecular complexity index is 2560. The quantitative estimate of drug-likeness (QED) is 0.0593. The summed E-state index contributed by atoms with van der Waals surface area (Å²) in [5.41, 5.74) is 1.47. The fourth-order valence-corrected chi connectivity index (χ4v) is 9.53. The summed E-state index contributed by atoms with van der Waals surface area (Å²) in [6.07, 6.45) is -4.32. The number of hydrogen-bond donors (Lipinski definition) is 3. The van der Waals surface area contributed by atoms with E-state index in [4.69, 9.17) is 26.4 Å². The number of nitrogens with one attached hydrogen (secondary N) is 2. The zero-order chi connectivity index (χ0) is 51.0. The van der Waals surface area contributed by atoms with Gasteiger partial charge >= 0.3 is 6.18 Å². The number of anilines is 2. The summed E-state index contributed by atoms with van der Waals surface area (Å²) in [7, 11) is 0. The number of rotatable bonds is 20. The number of aryl methyl sites for hydroxylation is 1. The Morgan fingerprint density at radius 1 is 0.971 bits per heavy atom. The first-order chi connectivity index (χ1) is 33.1. The zero-order valence-electron chi connectivity index (χ0n) is 39.9. The van der Waals surface area contributed by atoms with E-state index < -0.39 is 58.3 Å². The Kier molecular flexibility index (Phi) is 17.4. The van der Waals surface area contributed by atoms with Crippen LogP contribution < -0.4 is 25.2 Å². The number of thiocarbonyl (C=S) groups is 1. The second-order valence-electron chi connectivity index (χ2n) is 18.6. The molecule has 15 nitrogen and oxygen atoms in total. The van der Waals surface area contributed by atoms with Crippen LogP contribution in [0.15, 0.2) is 72.2 Å². The molecule has 2 fully saturated rings. The van der Waals surface area contributed by atoms with Crippen LogP contribution in [0.25, 0.3) is 10.4 Å². The van der Waals surface area contributed by atoms with E-state index in [0.29, 0.717) is 44.1 Å². The number of aliphatic hydroxyl groups is 1. The minimum atomic E-state index is -4.81. The van der Waals surface area contributed by atoms with Gasteiger partial charge in [0.05, 0.1) is 64.9 Å². The lowest BCUT2D eigenvalue weighted by Crippen LogP contribution is -2.57. The normalized spacial score (nSPS) is 17.4. The summed E-state index contributed by atoms with van der Waals surface area (Å²) in [5.74, 6) is -1.13. The molecule has 2 aliphatic heterocycles. The van der Waals surface area contributed by atoms with Gasteiger partial charge in [-0.3, -0.25) is 24.1 Å². The third-order valence-corrected chi connectivity index (χ3v) is 13.3. The van der Waals surface area contributed by atoms with Crippen LogP contribution in [0.3, 0.4) is 0 Å². The number of carbonyl (C=O) groups is 4. The van der Waals surface area contributed by atoms with E-state index in [1.54, 1.807) is 65.9 Å². The van der Waals surface area contributed by atoms with Crippen LogP contribution in [0.2, 0.25) is 0 Å². The summed E-state index contributed by atoms with van der Waals surface area (Å²) in [6.45, 7) is 12.4. The topological polar surface area (TPSA) is 187 Å². The number of aliphatic hydroxyl groups excluding tert-OH is 1. The molecule has 6 rings (SSSR count). The second kappa shape index (κ2) is 22.8. The predicted molar refractivity (Wildman–Crippen MR) is 262 cm³/mol. The first kappa shape index (κ1) is 53.4. The van der Waals surface area contributed by atoms with Crippen molar-refractivity contribution in [1.29, 1.82) is 5.26 Å². The lowest BCUT2D eigenvalue weighted by molar-refractivity contribution is -0.144. The number of nitrogens with zero attached hydrogens (tertiary/aromatic N) is 5. The van der Waals surface area contributed by atoms with E-state index in [1.807, 2.05) is 52.0 Å². The summed E-state index contributed by atoms with van der Waals surface area (Å²) in [4.78, 5) is 63.4. The zero-order valence-corrected chi connectivity index (χ0v) is 41.6. The van der Waals surface area contributed by atoms with Gasteiger partial charge < -0.3 is 39.8 Å². The van der Waals surface area contributed by atoms with E-state index >= 15 is 0 Å². The maximum atomic E-state index is 14.0. The van der Waals surface area contributed by atoms with Gasteiger partial charge in [-0.15, -0.1) is 11.3 Å². The van der Waals surface area contributed by atoms with Gasteiger partial charge in [-0.25, -0.2) is 4.98 Å². The lowest BCUT2D eigenvalue weighted by Gasteiger charge is -2.35. The number of likely N-dealkylation sites (tertiary alicyclic amines) is 1. The van der Waals surface area contributed by atoms with Crippen molar-refractivity contribution in [3.8, 4) is 22.3 Å². The molecule has 3 N–H and O–H groups in total. The van der Waals surface area contributed by atoms with Gasteiger partial charge in [-0.2, -0.15) is 18.4 Å². The largest absolute Gasteiger partial charge is 0.491 e. The number of hydrogen-bond acceptors (Lipinski definition) is 12. The molecule has 3 aromatic carbocycles. The number of nitriles is 1. The molecule has 0 radical (unpaired) electrons. The van der Waals surface area contributed by atoms with Gasteiger partial charge in [0.15, 0.2) is 5.11 Å². The van der Waals surface area contributed by atoms with Crippen molar-refractivity contribution < 1.29 is 51.7 Å². The Morgan fingerprint density at radius 2 is 1.63 bits per heavy atom. The lowest BCUT2D eigenvalue weighted by atomic mass is 9.85. The minimum absolute atomic E-state index is 0.0164. The van der Waals surface area contributed by atoms with Crippen molar-refractivity contribution in [1.82, 2.24) is 20.5 Å². The highest BCUT2D eigenvalue weighted by Gasteiger charge is 2.51. The smallest absolute Gasteiger partial charge is 0.417 e. The Morgan fingerprint density at radius 3 is 2.26 bits per heavy atom. The first-order valence-corrected chi connectivity index (χ1v) is 24.1. The van der Waals surface area contributed by atoms with Crippen molar-refractivity contribution >= 4 is 63.7 Å². The number of alkyl halides is 3. The summed E-state index contributed by atoms with van der Waals surface area (Å²) < 4.78 is 58.2. The molecule has 0 aliphatic carbocycles. The molecule has 0 saturated carbocycles. The molecule has 3 heterocycles. The highest BCUT2D eigenvalue weighted by atomic mass is 32.1. The number of carbonyl (C=O) groups excluding carboxylic acids is 4. The molecule has 4 amide bonds. The van der Waals surface area contributed by atoms with Crippen LogP contribution in [0.1, 0.15) is 82.7 Å². The molecule has 4 aromatic rings. The fourth-order valence-electron chi connectivity index (χ4n) is 8.19. The number of aromatic nitrogens is 1. The van der Waals surface area contributed by atoms with Crippen LogP contribution >= 0.6 is 23.6 Å². The van der Waals surface area contributed by atoms with Crippen molar-refractivity contribution in [2.45, 2.75) is 104 Å². The molecular formula is C50H58F3N7O8S2. The average molecular weight is 1010 g/mol. The van der Waals surface area contributed by atoms with Crippen molar-refractivity contribution in [2.24, 2.45) is 5.41 Å². The van der Waals surface area contributed by atoms with E-state index in [1.165, 1.54) is 11.0 Å². The summed E-state index contributed by atoms with van der Waals surface area (Å²) in [6, 6.07) is 17.3. The van der Waals surface area contributed by atoms with E-state index in [-0.39, 0.29) is 61.8 Å². The standard InChI is InChI=1S/C50H58F3N7O8S2/c1-31-42(70-30-56-31)33-12-10-32(11-13-33)28-55-44(63)40-26-37(61)29-58(40)45(64)43(48(2,3)4)57-41(62)9-7-8-20-66-21-22-67-23-24-68-38-18-16-35(17-19-38)60-47(69)59(46(65)49(60,5)6)36-15-14-34(27-54)39(25-36)50(51,52)53/h10-19,25,30,37,40,43,61H,7-9,20-24,26,28-29H2,1-6H3,(H,55,63)(H,57,62)/t37-,40+,43?/m1/s1. The van der Waals surface area contributed by atoms with Crippen LogP contribution in [-0.4, -0.2) is 107 Å². The minimum Gasteiger partial charge on any atom is -0.491 e. The monoisotopic (exact) mass is 1010 g/mol. The first-order valence-electron chi connectivity index (χ1n) is 22.8. The fraction of sp³-hybridized carbons (Fsp3) is 0.460. The maximum Gasteiger partial charge on any atom is 0.417 e. The highest BCUT2D eigenvalue weighted by Crippen LogP contribution is 2.40. The molecule has 374 valence electrons. The third kappa shape index (κ3) is 12.9. The number of ether oxygens (including phenoxy) is 3. The van der Waals surface area contributed by atoms with E-state index in [2.05, 4.69) is 15.6 Å². The molecule has 0 bridgehead atoms. The van der Waals surface area contributed by atoms with E-state index in [0.717, 1.165) is 38.7 Å². The molecule has 70 heavy (non-hydrogen) atoms. The molecule has 0 spiro atoms. The molecule has 3 atom stereocenters. The van der Waals surface area contributed by atoms with E-state index in [9.17, 15) is 42.7 Å². The third-order valence-electron chi connectivity index (χ3n) is 12.0. The maximum absolute atomic E-state index is 14.0. The van der Waals surface area contributed by atoms with Gasteiger partial charge in [-0.1, -0.05) is 45.0 Å². The average Bonchev–Trinajstić information content (AvgIpc) is 3.98. The van der Waals surface area contributed by atoms with Crippen LogP contribution in [0.4, 0.5) is 24.5 Å². The summed E-state index contributed by atoms with van der Waals surface area (Å²) >= 11 is 7.17. The molecular weight excluding hydrogens is 948 g/mol. The summed E-state index contributed by atoms with van der Waals surface area (Å²) in [5, 5.41) is 25.5. The van der Waals surface area contributed by atoms with Gasteiger partial charge in [0, 0.05) is 38.2 Å². The molecule has 1 unspecified atom stereocenters. The van der Waals surface area contributed by atoms with Gasteiger partial charge in [0.1, 0.15) is 30.0 Å². The molecule has 2 saturated heterocycles. The predicted octanol–water partition coefficient (Wildman–Crippen LogP) is 7.32. The van der Waals surface area contributed by atoms with Crippen molar-refractivity contribution in [2.75, 3.05) is 49.4 Å². The van der Waals surface area contributed by atoms with Crippen molar-refractivity contribution in [3.05, 3.63) is 94.6 Å². The number of β-amino-alcohol motifs (C(OH)–C–C–N with tert-alkyl or cyclic N) is 1. The molecule has 2 aliphatic rings. The number of benzene rings is 3.